The topological polar surface area (TPSA) is 106 Å². The first-order valence-corrected chi connectivity index (χ1v) is 14.7. The predicted octanol–water partition coefficient (Wildman–Crippen LogP) is 9.36. The lowest BCUT2D eigenvalue weighted by molar-refractivity contribution is 0.426. The largest absolute Gasteiger partial charge is 0.457 e. The van der Waals surface area contributed by atoms with Gasteiger partial charge in [0.05, 0.1) is 0 Å². The minimum Gasteiger partial charge on any atom is -0.457 e. The van der Waals surface area contributed by atoms with Crippen molar-refractivity contribution in [3.63, 3.8) is 0 Å². The number of hydrogen-bond donors (Lipinski definition) is 3. The Morgan fingerprint density at radius 3 is 1.44 bits per heavy atom. The van der Waals surface area contributed by atoms with E-state index in [1.807, 2.05) is 127 Å². The van der Waals surface area contributed by atoms with Gasteiger partial charge in [-0.25, -0.2) is 0 Å². The van der Waals surface area contributed by atoms with E-state index in [1.165, 1.54) is 0 Å². The molecule has 0 unspecified atom stereocenters. The van der Waals surface area contributed by atoms with Crippen molar-refractivity contribution in [3.8, 4) is 34.5 Å². The lowest BCUT2D eigenvalue weighted by Gasteiger charge is -2.34. The van der Waals surface area contributed by atoms with Gasteiger partial charge in [0.15, 0.2) is 0 Å². The molecule has 0 fully saturated rings. The molecular formula is C39H35N3O3. The van der Waals surface area contributed by atoms with Gasteiger partial charge in [0.2, 0.25) is 0 Å². The molecule has 6 rings (SSSR count). The predicted molar refractivity (Wildman–Crippen MR) is 182 cm³/mol. The summed E-state index contributed by atoms with van der Waals surface area (Å²) in [5, 5.41) is 0. The number of anilines is 3. The summed E-state index contributed by atoms with van der Waals surface area (Å²) in [5.74, 6) is 4.24. The average Bonchev–Trinajstić information content (AvgIpc) is 3.05. The zero-order chi connectivity index (χ0) is 31.2. The molecule has 0 bridgehead atoms. The Labute approximate surface area is 263 Å². The van der Waals surface area contributed by atoms with Gasteiger partial charge in [0.1, 0.15) is 34.5 Å². The van der Waals surface area contributed by atoms with E-state index in [0.717, 1.165) is 33.9 Å². The lowest BCUT2D eigenvalue weighted by Crippen LogP contribution is -2.28. The zero-order valence-corrected chi connectivity index (χ0v) is 25.0. The van der Waals surface area contributed by atoms with Gasteiger partial charge >= 0.3 is 0 Å². The van der Waals surface area contributed by atoms with Crippen LogP contribution < -0.4 is 31.4 Å². The van der Waals surface area contributed by atoms with Crippen LogP contribution in [0.2, 0.25) is 0 Å². The van der Waals surface area contributed by atoms with Crippen molar-refractivity contribution in [2.24, 2.45) is 0 Å². The Balaban J connectivity index is 1.48. The molecule has 0 aliphatic carbocycles. The van der Waals surface area contributed by atoms with Gasteiger partial charge in [0.25, 0.3) is 0 Å². The van der Waals surface area contributed by atoms with Gasteiger partial charge in [0, 0.05) is 39.7 Å². The third-order valence-corrected chi connectivity index (χ3v) is 7.78. The van der Waals surface area contributed by atoms with Gasteiger partial charge in [-0.2, -0.15) is 0 Å². The fourth-order valence-electron chi connectivity index (χ4n) is 5.52. The first kappa shape index (κ1) is 29.2. The Morgan fingerprint density at radius 1 is 0.444 bits per heavy atom. The summed E-state index contributed by atoms with van der Waals surface area (Å²) in [6, 6.07) is 46.5. The van der Waals surface area contributed by atoms with Crippen molar-refractivity contribution >= 4 is 17.1 Å². The highest BCUT2D eigenvalue weighted by atomic mass is 16.5. The zero-order valence-electron chi connectivity index (χ0n) is 25.0. The molecule has 6 aromatic rings. The first-order valence-electron chi connectivity index (χ1n) is 14.7. The van der Waals surface area contributed by atoms with E-state index >= 15 is 0 Å². The summed E-state index contributed by atoms with van der Waals surface area (Å²) < 4.78 is 19.5. The number of nitrogens with two attached hydrogens (primary N) is 3. The van der Waals surface area contributed by atoms with Gasteiger partial charge in [-0.05, 0) is 90.8 Å². The third kappa shape index (κ3) is 6.71. The Kier molecular flexibility index (Phi) is 8.29. The van der Waals surface area contributed by atoms with Crippen molar-refractivity contribution in [1.82, 2.24) is 0 Å². The standard InChI is InChI=1S/C39H35N3O3/c1-39(34-12-3-6-15-37(34)43-31-21-17-28(40)18-22-31,35-13-4-7-16-38(35)44-32-23-19-29(41)20-24-32)26-27-9-2-5-14-36(27)45-33-11-8-10-30(42)25-33/h2-25H,26,40-42H2,1H3. The van der Waals surface area contributed by atoms with Crippen LogP contribution in [0.4, 0.5) is 17.1 Å². The highest BCUT2D eigenvalue weighted by Crippen LogP contribution is 2.47. The van der Waals surface area contributed by atoms with Crippen molar-refractivity contribution in [2.45, 2.75) is 18.8 Å². The lowest BCUT2D eigenvalue weighted by atomic mass is 9.71. The Bertz CT molecular complexity index is 1810. The molecule has 0 atom stereocenters. The molecule has 0 heterocycles. The van der Waals surface area contributed by atoms with E-state index in [4.69, 9.17) is 31.4 Å². The quantitative estimate of drug-likeness (QED) is 0.137. The summed E-state index contributed by atoms with van der Waals surface area (Å²) in [4.78, 5) is 0. The van der Waals surface area contributed by atoms with Crippen LogP contribution in [0.15, 0.2) is 146 Å². The molecule has 6 nitrogen and oxygen atoms in total. The van der Waals surface area contributed by atoms with Crippen molar-refractivity contribution in [2.75, 3.05) is 17.2 Å². The van der Waals surface area contributed by atoms with Gasteiger partial charge in [-0.3, -0.25) is 0 Å². The summed E-state index contributed by atoms with van der Waals surface area (Å²) in [7, 11) is 0. The van der Waals surface area contributed by atoms with Crippen LogP contribution in [0, 0.1) is 0 Å². The van der Waals surface area contributed by atoms with Crippen LogP contribution in [-0.2, 0) is 11.8 Å². The summed E-state index contributed by atoms with van der Waals surface area (Å²) >= 11 is 0. The molecule has 6 aromatic carbocycles. The monoisotopic (exact) mass is 593 g/mol. The molecule has 0 spiro atoms. The van der Waals surface area contributed by atoms with Crippen LogP contribution in [0.5, 0.6) is 34.5 Å². The van der Waals surface area contributed by atoms with E-state index < -0.39 is 5.41 Å². The third-order valence-electron chi connectivity index (χ3n) is 7.78. The van der Waals surface area contributed by atoms with Crippen molar-refractivity contribution in [1.29, 1.82) is 0 Å². The molecule has 0 saturated carbocycles. The number of hydrogen-bond acceptors (Lipinski definition) is 6. The first-order chi connectivity index (χ1) is 21.9. The molecule has 45 heavy (non-hydrogen) atoms. The minimum absolute atomic E-state index is 0.565. The summed E-state index contributed by atoms with van der Waals surface area (Å²) in [5.41, 5.74) is 22.3. The van der Waals surface area contributed by atoms with Crippen LogP contribution in [0.3, 0.4) is 0 Å². The highest BCUT2D eigenvalue weighted by molar-refractivity contribution is 5.56. The highest BCUT2D eigenvalue weighted by Gasteiger charge is 2.36. The molecule has 0 amide bonds. The molecule has 224 valence electrons. The number of nitrogen functional groups attached to an aromatic ring is 3. The van der Waals surface area contributed by atoms with E-state index in [0.29, 0.717) is 40.7 Å². The average molecular weight is 594 g/mol. The summed E-state index contributed by atoms with van der Waals surface area (Å²) in [6.45, 7) is 2.21. The second-order valence-corrected chi connectivity index (χ2v) is 11.1. The molecule has 0 aliphatic heterocycles. The maximum Gasteiger partial charge on any atom is 0.131 e. The van der Waals surface area contributed by atoms with Crippen molar-refractivity contribution < 1.29 is 14.2 Å². The number of benzene rings is 6. The van der Waals surface area contributed by atoms with E-state index in [-0.39, 0.29) is 0 Å². The molecule has 0 aliphatic rings. The van der Waals surface area contributed by atoms with Crippen LogP contribution in [0.25, 0.3) is 0 Å². The van der Waals surface area contributed by atoms with E-state index in [1.54, 1.807) is 0 Å². The van der Waals surface area contributed by atoms with E-state index in [9.17, 15) is 0 Å². The molecule has 6 heteroatoms. The number of rotatable bonds is 10. The SMILES string of the molecule is CC(Cc1ccccc1Oc1cccc(N)c1)(c1ccccc1Oc1ccc(N)cc1)c1ccccc1Oc1ccc(N)cc1. The molecule has 6 N–H and O–H groups in total. The van der Waals surface area contributed by atoms with Gasteiger partial charge in [-0.15, -0.1) is 0 Å². The molecular weight excluding hydrogens is 558 g/mol. The Morgan fingerprint density at radius 2 is 0.911 bits per heavy atom. The van der Waals surface area contributed by atoms with Crippen LogP contribution in [0.1, 0.15) is 23.6 Å². The maximum atomic E-state index is 6.52. The van der Waals surface area contributed by atoms with Gasteiger partial charge in [-0.1, -0.05) is 67.6 Å². The van der Waals surface area contributed by atoms with Crippen LogP contribution in [-0.4, -0.2) is 0 Å². The normalized spacial score (nSPS) is 11.1. The fourth-order valence-corrected chi connectivity index (χ4v) is 5.52. The van der Waals surface area contributed by atoms with Crippen molar-refractivity contribution in [3.05, 3.63) is 162 Å². The van der Waals surface area contributed by atoms with Crippen LogP contribution >= 0.6 is 0 Å². The Hall–Kier alpha value is -5.88. The fraction of sp³-hybridized carbons (Fsp3) is 0.0769. The number of ether oxygens (including phenoxy) is 3. The molecule has 0 aromatic heterocycles. The van der Waals surface area contributed by atoms with Gasteiger partial charge < -0.3 is 31.4 Å². The second kappa shape index (κ2) is 12.8. The second-order valence-electron chi connectivity index (χ2n) is 11.1. The smallest absolute Gasteiger partial charge is 0.131 e. The number of para-hydroxylation sites is 3. The summed E-state index contributed by atoms with van der Waals surface area (Å²) in [6.07, 6.45) is 0.565. The van der Waals surface area contributed by atoms with E-state index in [2.05, 4.69) is 25.1 Å². The maximum absolute atomic E-state index is 6.52. The molecule has 0 radical (unpaired) electrons. The minimum atomic E-state index is -0.649. The molecule has 0 saturated heterocycles.